The van der Waals surface area contributed by atoms with Crippen molar-refractivity contribution in [2.24, 2.45) is 0 Å². The van der Waals surface area contributed by atoms with Crippen molar-refractivity contribution in [1.82, 2.24) is 9.88 Å². The number of nitrogens with zero attached hydrogens (tertiary/aromatic N) is 1. The summed E-state index contributed by atoms with van der Waals surface area (Å²) in [6.45, 7) is 1.95. The minimum Gasteiger partial charge on any atom is -0.481 e. The summed E-state index contributed by atoms with van der Waals surface area (Å²) in [4.78, 5) is 23.2. The number of carboxylic acid groups (broad SMARTS) is 1. The molecule has 116 valence electrons. The van der Waals surface area contributed by atoms with Gasteiger partial charge in [-0.3, -0.25) is 9.59 Å². The van der Waals surface area contributed by atoms with E-state index in [1.165, 1.54) is 0 Å². The van der Waals surface area contributed by atoms with Gasteiger partial charge in [-0.25, -0.2) is 0 Å². The molecule has 5 heteroatoms. The first kappa shape index (κ1) is 15.8. The SMILES string of the molecule is C[C@@H](CC(=O)N[C@H](CC(=O)O)c1ccccc1)n1cccc1. The Morgan fingerprint density at radius 3 is 2.32 bits per heavy atom. The summed E-state index contributed by atoms with van der Waals surface area (Å²) in [5, 5.41) is 11.9. The molecule has 0 bridgehead atoms. The molecule has 0 radical (unpaired) electrons. The number of hydrogen-bond acceptors (Lipinski definition) is 2. The van der Waals surface area contributed by atoms with Crippen molar-refractivity contribution < 1.29 is 14.7 Å². The van der Waals surface area contributed by atoms with Crippen molar-refractivity contribution in [2.45, 2.75) is 31.8 Å². The maximum absolute atomic E-state index is 12.2. The van der Waals surface area contributed by atoms with E-state index in [1.807, 2.05) is 66.3 Å². The Kier molecular flexibility index (Phi) is 5.36. The zero-order valence-electron chi connectivity index (χ0n) is 12.5. The van der Waals surface area contributed by atoms with E-state index in [4.69, 9.17) is 5.11 Å². The lowest BCUT2D eigenvalue weighted by molar-refractivity contribution is -0.137. The van der Waals surface area contributed by atoms with Crippen LogP contribution in [0.2, 0.25) is 0 Å². The fourth-order valence-corrected chi connectivity index (χ4v) is 2.38. The quantitative estimate of drug-likeness (QED) is 0.826. The highest BCUT2D eigenvalue weighted by Crippen LogP contribution is 2.18. The van der Waals surface area contributed by atoms with Crippen molar-refractivity contribution in [1.29, 1.82) is 0 Å². The van der Waals surface area contributed by atoms with E-state index in [0.717, 1.165) is 5.56 Å². The van der Waals surface area contributed by atoms with E-state index in [1.54, 1.807) is 0 Å². The molecule has 0 aliphatic heterocycles. The van der Waals surface area contributed by atoms with Gasteiger partial charge in [0.05, 0.1) is 12.5 Å². The molecule has 0 aliphatic rings. The van der Waals surface area contributed by atoms with Crippen LogP contribution in [0, 0.1) is 0 Å². The van der Waals surface area contributed by atoms with E-state index in [-0.39, 0.29) is 18.4 Å². The highest BCUT2D eigenvalue weighted by molar-refractivity contribution is 5.78. The van der Waals surface area contributed by atoms with Gasteiger partial charge in [-0.2, -0.15) is 0 Å². The monoisotopic (exact) mass is 300 g/mol. The number of nitrogens with one attached hydrogen (secondary N) is 1. The van der Waals surface area contributed by atoms with Gasteiger partial charge < -0.3 is 15.0 Å². The van der Waals surface area contributed by atoms with Crippen LogP contribution in [0.3, 0.4) is 0 Å². The minimum absolute atomic E-state index is 0.0243. The standard InChI is InChI=1S/C17H20N2O3/c1-13(19-9-5-6-10-19)11-16(20)18-15(12-17(21)22)14-7-3-2-4-8-14/h2-10,13,15H,11-12H2,1H3,(H,18,20)(H,21,22)/t13-,15+/m0/s1. The Morgan fingerprint density at radius 1 is 1.09 bits per heavy atom. The van der Waals surface area contributed by atoms with E-state index in [9.17, 15) is 9.59 Å². The number of rotatable bonds is 7. The Bertz CT molecular complexity index is 608. The summed E-state index contributed by atoms with van der Waals surface area (Å²) in [5.41, 5.74) is 0.798. The van der Waals surface area contributed by atoms with Crippen LogP contribution in [0.5, 0.6) is 0 Å². The number of aromatic nitrogens is 1. The molecule has 0 aliphatic carbocycles. The third-order valence-electron chi connectivity index (χ3n) is 3.53. The maximum Gasteiger partial charge on any atom is 0.305 e. The summed E-state index contributed by atoms with van der Waals surface area (Å²) in [7, 11) is 0. The molecular formula is C17H20N2O3. The molecule has 2 aromatic rings. The van der Waals surface area contributed by atoms with Crippen LogP contribution in [0.4, 0.5) is 0 Å². The first-order valence-electron chi connectivity index (χ1n) is 7.25. The van der Waals surface area contributed by atoms with Gasteiger partial charge in [0.25, 0.3) is 0 Å². The fourth-order valence-electron chi connectivity index (χ4n) is 2.38. The second kappa shape index (κ2) is 7.45. The van der Waals surface area contributed by atoms with Crippen LogP contribution in [-0.2, 0) is 9.59 Å². The summed E-state index contributed by atoms with van der Waals surface area (Å²) in [6, 6.07) is 12.5. The molecule has 0 saturated carbocycles. The van der Waals surface area contributed by atoms with Crippen molar-refractivity contribution in [3.8, 4) is 0 Å². The number of amides is 1. The van der Waals surface area contributed by atoms with Crippen LogP contribution in [0.15, 0.2) is 54.9 Å². The Morgan fingerprint density at radius 2 is 1.73 bits per heavy atom. The topological polar surface area (TPSA) is 71.3 Å². The Hall–Kier alpha value is -2.56. The highest BCUT2D eigenvalue weighted by Gasteiger charge is 2.19. The van der Waals surface area contributed by atoms with Gasteiger partial charge in [0.2, 0.25) is 5.91 Å². The molecule has 1 amide bonds. The molecule has 2 rings (SSSR count). The lowest BCUT2D eigenvalue weighted by Gasteiger charge is -2.19. The second-order valence-electron chi connectivity index (χ2n) is 5.31. The maximum atomic E-state index is 12.2. The van der Waals surface area contributed by atoms with Gasteiger partial charge >= 0.3 is 5.97 Å². The van der Waals surface area contributed by atoms with Crippen LogP contribution in [0.1, 0.15) is 37.4 Å². The van der Waals surface area contributed by atoms with Gasteiger partial charge in [0, 0.05) is 24.9 Å². The minimum atomic E-state index is -0.937. The Balaban J connectivity index is 2.00. The zero-order chi connectivity index (χ0) is 15.9. The zero-order valence-corrected chi connectivity index (χ0v) is 12.5. The molecule has 0 spiro atoms. The van der Waals surface area contributed by atoms with E-state index in [0.29, 0.717) is 6.42 Å². The van der Waals surface area contributed by atoms with Crippen molar-refractivity contribution in [3.63, 3.8) is 0 Å². The third-order valence-corrected chi connectivity index (χ3v) is 3.53. The molecule has 0 unspecified atom stereocenters. The predicted octanol–water partition coefficient (Wildman–Crippen LogP) is 2.77. The van der Waals surface area contributed by atoms with E-state index < -0.39 is 12.0 Å². The van der Waals surface area contributed by atoms with E-state index >= 15 is 0 Å². The molecule has 1 heterocycles. The van der Waals surface area contributed by atoms with Crippen molar-refractivity contribution in [3.05, 3.63) is 60.4 Å². The molecule has 0 saturated heterocycles. The Labute approximate surface area is 129 Å². The predicted molar refractivity (Wildman–Crippen MR) is 83.3 cm³/mol. The summed E-state index contributed by atoms with van der Waals surface area (Å²) in [6.07, 6.45) is 3.99. The van der Waals surface area contributed by atoms with Gasteiger partial charge in [-0.1, -0.05) is 30.3 Å². The highest BCUT2D eigenvalue weighted by atomic mass is 16.4. The number of carbonyl (C=O) groups excluding carboxylic acids is 1. The number of benzene rings is 1. The van der Waals surface area contributed by atoms with Gasteiger partial charge in [0.15, 0.2) is 0 Å². The smallest absolute Gasteiger partial charge is 0.305 e. The third kappa shape index (κ3) is 4.48. The molecule has 0 fully saturated rings. The molecule has 1 aromatic carbocycles. The average molecular weight is 300 g/mol. The van der Waals surface area contributed by atoms with Crippen LogP contribution in [0.25, 0.3) is 0 Å². The van der Waals surface area contributed by atoms with Crippen molar-refractivity contribution >= 4 is 11.9 Å². The second-order valence-corrected chi connectivity index (χ2v) is 5.31. The van der Waals surface area contributed by atoms with Gasteiger partial charge in [0.1, 0.15) is 0 Å². The first-order chi connectivity index (χ1) is 10.6. The van der Waals surface area contributed by atoms with E-state index in [2.05, 4.69) is 5.32 Å². The molecular weight excluding hydrogens is 280 g/mol. The lowest BCUT2D eigenvalue weighted by Crippen LogP contribution is -2.31. The molecule has 22 heavy (non-hydrogen) atoms. The molecule has 2 N–H and O–H groups in total. The lowest BCUT2D eigenvalue weighted by atomic mass is 10.0. The number of carboxylic acids is 1. The molecule has 2 atom stereocenters. The molecule has 5 nitrogen and oxygen atoms in total. The average Bonchev–Trinajstić information content (AvgIpc) is 3.01. The number of hydrogen-bond donors (Lipinski definition) is 2. The largest absolute Gasteiger partial charge is 0.481 e. The van der Waals surface area contributed by atoms with Crippen LogP contribution in [-0.4, -0.2) is 21.6 Å². The number of carbonyl (C=O) groups is 2. The first-order valence-corrected chi connectivity index (χ1v) is 7.25. The van der Waals surface area contributed by atoms with Crippen molar-refractivity contribution in [2.75, 3.05) is 0 Å². The van der Waals surface area contributed by atoms with Gasteiger partial charge in [-0.05, 0) is 24.6 Å². The summed E-state index contributed by atoms with van der Waals surface area (Å²) in [5.74, 6) is -1.09. The summed E-state index contributed by atoms with van der Waals surface area (Å²) >= 11 is 0. The fraction of sp³-hybridized carbons (Fsp3) is 0.294. The molecule has 1 aromatic heterocycles. The van der Waals surface area contributed by atoms with Crippen LogP contribution >= 0.6 is 0 Å². The van der Waals surface area contributed by atoms with Crippen LogP contribution < -0.4 is 5.32 Å². The number of aliphatic carboxylic acids is 1. The van der Waals surface area contributed by atoms with Gasteiger partial charge in [-0.15, -0.1) is 0 Å². The summed E-state index contributed by atoms with van der Waals surface area (Å²) < 4.78 is 1.95. The normalized spacial score (nSPS) is 13.3.